The molecule has 2 rings (SSSR count). The normalized spacial score (nSPS) is 13.2. The Balaban J connectivity index is 2.15. The molecule has 0 saturated heterocycles. The van der Waals surface area contributed by atoms with Gasteiger partial charge in [-0.2, -0.15) is 0 Å². The lowest BCUT2D eigenvalue weighted by molar-refractivity contribution is -0.126. The number of hydrogen-bond donors (Lipinski definition) is 1. The molecule has 0 aliphatic rings. The van der Waals surface area contributed by atoms with Crippen molar-refractivity contribution < 1.29 is 17.6 Å². The van der Waals surface area contributed by atoms with Gasteiger partial charge in [-0.25, -0.2) is 13.6 Å². The first kappa shape index (κ1) is 18.0. The summed E-state index contributed by atoms with van der Waals surface area (Å²) in [6.45, 7) is 3.64. The maximum absolute atomic E-state index is 12.3. The van der Waals surface area contributed by atoms with E-state index in [1.807, 2.05) is 19.9 Å². The van der Waals surface area contributed by atoms with Crippen molar-refractivity contribution in [3.05, 3.63) is 59.6 Å². The van der Waals surface area contributed by atoms with Crippen LogP contribution in [0, 0.1) is 6.92 Å². The third-order valence-corrected chi connectivity index (χ3v) is 4.66. The van der Waals surface area contributed by atoms with Gasteiger partial charge in [0.15, 0.2) is 0 Å². The molecule has 1 atom stereocenters. The molecule has 0 saturated carbocycles. The van der Waals surface area contributed by atoms with Gasteiger partial charge < -0.3 is 9.32 Å². The van der Waals surface area contributed by atoms with Crippen LogP contribution < -0.4 is 5.14 Å². The highest BCUT2D eigenvalue weighted by Gasteiger charge is 2.17. The van der Waals surface area contributed by atoms with Crippen molar-refractivity contribution in [2.24, 2.45) is 5.14 Å². The fraction of sp³-hybridized carbons (Fsp3) is 0.235. The highest BCUT2D eigenvalue weighted by Crippen LogP contribution is 2.22. The Morgan fingerprint density at radius 3 is 2.58 bits per heavy atom. The zero-order valence-corrected chi connectivity index (χ0v) is 14.6. The van der Waals surface area contributed by atoms with Gasteiger partial charge in [-0.3, -0.25) is 4.79 Å². The topological polar surface area (TPSA) is 93.6 Å². The van der Waals surface area contributed by atoms with Gasteiger partial charge in [0.2, 0.25) is 15.9 Å². The van der Waals surface area contributed by atoms with E-state index in [4.69, 9.17) is 9.56 Å². The Kier molecular flexibility index (Phi) is 5.26. The monoisotopic (exact) mass is 348 g/mol. The van der Waals surface area contributed by atoms with E-state index < -0.39 is 10.0 Å². The second-order valence-electron chi connectivity index (χ2n) is 5.52. The lowest BCUT2D eigenvalue weighted by atomic mass is 10.1. The molecule has 128 valence electrons. The van der Waals surface area contributed by atoms with E-state index >= 15 is 0 Å². The van der Waals surface area contributed by atoms with Crippen LogP contribution in [0.25, 0.3) is 6.08 Å². The minimum Gasteiger partial charge on any atom is -0.462 e. The van der Waals surface area contributed by atoms with Crippen LogP contribution >= 0.6 is 0 Å². The van der Waals surface area contributed by atoms with Gasteiger partial charge >= 0.3 is 0 Å². The number of amides is 1. The molecule has 0 bridgehead atoms. The molecule has 0 radical (unpaired) electrons. The SMILES string of the molecule is Cc1ccc(/C=C\C(=O)N(C)[C@@H](C)c2cccc(S(N)(=O)=O)c2)o1. The number of likely N-dealkylation sites (N-methyl/N-ethyl adjacent to an activating group) is 1. The first-order valence-corrected chi connectivity index (χ1v) is 8.87. The van der Waals surface area contributed by atoms with Gasteiger partial charge in [0.25, 0.3) is 0 Å². The molecule has 1 aromatic carbocycles. The fourth-order valence-electron chi connectivity index (χ4n) is 2.18. The van der Waals surface area contributed by atoms with E-state index in [-0.39, 0.29) is 16.8 Å². The van der Waals surface area contributed by atoms with E-state index in [1.54, 1.807) is 31.3 Å². The highest BCUT2D eigenvalue weighted by molar-refractivity contribution is 7.89. The maximum atomic E-state index is 12.3. The van der Waals surface area contributed by atoms with Crippen LogP contribution in [0.3, 0.4) is 0 Å². The average molecular weight is 348 g/mol. The average Bonchev–Trinajstić information content (AvgIpc) is 2.96. The third kappa shape index (κ3) is 4.33. The van der Waals surface area contributed by atoms with E-state index in [9.17, 15) is 13.2 Å². The van der Waals surface area contributed by atoms with Gasteiger partial charge in [0.05, 0.1) is 10.9 Å². The molecule has 2 N–H and O–H groups in total. The quantitative estimate of drug-likeness (QED) is 0.840. The summed E-state index contributed by atoms with van der Waals surface area (Å²) >= 11 is 0. The Labute approximate surface area is 141 Å². The second kappa shape index (κ2) is 7.02. The Bertz CT molecular complexity index is 868. The summed E-state index contributed by atoms with van der Waals surface area (Å²) in [4.78, 5) is 13.8. The molecular weight excluding hydrogens is 328 g/mol. The van der Waals surface area contributed by atoms with E-state index in [2.05, 4.69) is 0 Å². The van der Waals surface area contributed by atoms with Gasteiger partial charge in [-0.1, -0.05) is 12.1 Å². The molecule has 24 heavy (non-hydrogen) atoms. The van der Waals surface area contributed by atoms with E-state index in [1.165, 1.54) is 23.1 Å². The van der Waals surface area contributed by atoms with Crippen LogP contribution in [-0.2, 0) is 14.8 Å². The van der Waals surface area contributed by atoms with Crippen molar-refractivity contribution in [2.45, 2.75) is 24.8 Å². The predicted molar refractivity (Wildman–Crippen MR) is 91.5 cm³/mol. The smallest absolute Gasteiger partial charge is 0.246 e. The minimum absolute atomic E-state index is 0.0225. The molecule has 0 fully saturated rings. The van der Waals surface area contributed by atoms with Crippen molar-refractivity contribution >= 4 is 22.0 Å². The molecule has 1 heterocycles. The van der Waals surface area contributed by atoms with Gasteiger partial charge in [0.1, 0.15) is 11.5 Å². The summed E-state index contributed by atoms with van der Waals surface area (Å²) in [6.07, 6.45) is 3.01. The largest absolute Gasteiger partial charge is 0.462 e. The third-order valence-electron chi connectivity index (χ3n) is 3.75. The number of primary sulfonamides is 1. The number of carbonyl (C=O) groups is 1. The summed E-state index contributed by atoms with van der Waals surface area (Å²) in [5.74, 6) is 1.14. The Morgan fingerprint density at radius 1 is 1.29 bits per heavy atom. The minimum atomic E-state index is -3.78. The van der Waals surface area contributed by atoms with Crippen molar-refractivity contribution in [3.63, 3.8) is 0 Å². The summed E-state index contributed by atoms with van der Waals surface area (Å²) in [5.41, 5.74) is 0.680. The summed E-state index contributed by atoms with van der Waals surface area (Å²) in [7, 11) is -2.13. The number of benzene rings is 1. The molecular formula is C17H20N2O4S. The van der Waals surface area contributed by atoms with E-state index in [0.717, 1.165) is 5.76 Å². The zero-order chi connectivity index (χ0) is 17.9. The lowest BCUT2D eigenvalue weighted by Gasteiger charge is -2.24. The Hall–Kier alpha value is -2.38. The number of carbonyl (C=O) groups excluding carboxylic acids is 1. The van der Waals surface area contributed by atoms with E-state index in [0.29, 0.717) is 11.3 Å². The molecule has 0 unspecified atom stereocenters. The number of rotatable bonds is 5. The second-order valence-corrected chi connectivity index (χ2v) is 7.09. The van der Waals surface area contributed by atoms with Gasteiger partial charge in [0, 0.05) is 13.1 Å². The zero-order valence-electron chi connectivity index (χ0n) is 13.8. The number of nitrogens with zero attached hydrogens (tertiary/aromatic N) is 1. The summed E-state index contributed by atoms with van der Waals surface area (Å²) in [5, 5.41) is 5.15. The van der Waals surface area contributed by atoms with Crippen molar-refractivity contribution in [1.82, 2.24) is 4.90 Å². The molecule has 0 aliphatic heterocycles. The highest BCUT2D eigenvalue weighted by atomic mass is 32.2. The first-order chi connectivity index (χ1) is 11.2. The number of furan rings is 1. The summed E-state index contributed by atoms with van der Waals surface area (Å²) in [6, 6.07) is 9.53. The molecule has 6 nitrogen and oxygen atoms in total. The lowest BCUT2D eigenvalue weighted by Crippen LogP contribution is -2.28. The maximum Gasteiger partial charge on any atom is 0.246 e. The summed E-state index contributed by atoms with van der Waals surface area (Å²) < 4.78 is 28.3. The number of nitrogens with two attached hydrogens (primary N) is 1. The van der Waals surface area contributed by atoms with Gasteiger partial charge in [-0.15, -0.1) is 0 Å². The fourth-order valence-corrected chi connectivity index (χ4v) is 2.75. The van der Waals surface area contributed by atoms with Crippen molar-refractivity contribution in [1.29, 1.82) is 0 Å². The van der Waals surface area contributed by atoms with Crippen LogP contribution in [-0.4, -0.2) is 26.3 Å². The first-order valence-electron chi connectivity index (χ1n) is 7.32. The van der Waals surface area contributed by atoms with Crippen molar-refractivity contribution in [3.8, 4) is 0 Å². The number of hydrogen-bond acceptors (Lipinski definition) is 4. The number of sulfonamides is 1. The number of aryl methyl sites for hydroxylation is 1. The Morgan fingerprint density at radius 2 is 2.00 bits per heavy atom. The van der Waals surface area contributed by atoms with Crippen LogP contribution in [0.15, 0.2) is 51.8 Å². The van der Waals surface area contributed by atoms with Crippen LogP contribution in [0.4, 0.5) is 0 Å². The molecule has 1 amide bonds. The van der Waals surface area contributed by atoms with Crippen LogP contribution in [0.5, 0.6) is 0 Å². The molecule has 0 spiro atoms. The van der Waals surface area contributed by atoms with Crippen LogP contribution in [0.2, 0.25) is 0 Å². The van der Waals surface area contributed by atoms with Crippen molar-refractivity contribution in [2.75, 3.05) is 7.05 Å². The molecule has 1 aromatic heterocycles. The molecule has 7 heteroatoms. The van der Waals surface area contributed by atoms with Crippen LogP contribution in [0.1, 0.15) is 30.0 Å². The predicted octanol–water partition coefficient (Wildman–Crippen LogP) is 2.47. The van der Waals surface area contributed by atoms with Gasteiger partial charge in [-0.05, 0) is 49.8 Å². The molecule has 0 aliphatic carbocycles. The molecule has 2 aromatic rings. The standard InChI is InChI=1S/C17H20N2O4S/c1-12-7-8-15(23-12)9-10-17(20)19(3)13(2)14-5-4-6-16(11-14)24(18,21)22/h4-11,13H,1-3H3,(H2,18,21,22)/b10-9-/t13-/m0/s1.